The molecule has 0 saturated carbocycles. The Morgan fingerprint density at radius 1 is 1.00 bits per heavy atom. The van der Waals surface area contributed by atoms with E-state index in [1.54, 1.807) is 0 Å². The number of carbonyl (C=O) groups excluding carboxylic acids is 1. The molecule has 116 valence electrons. The third-order valence-electron chi connectivity index (χ3n) is 3.37. The van der Waals surface area contributed by atoms with Gasteiger partial charge in [0.25, 0.3) is 0 Å². The van der Waals surface area contributed by atoms with Crippen molar-refractivity contribution in [3.8, 4) is 0 Å². The van der Waals surface area contributed by atoms with Crippen LogP contribution >= 0.6 is 0 Å². The molecule has 2 rings (SSSR count). The predicted molar refractivity (Wildman–Crippen MR) is 84.9 cm³/mol. The Labute approximate surface area is 131 Å². The number of hydroxylamine groups is 1. The normalized spacial score (nSPS) is 11.9. The molecule has 1 atom stereocenters. The maximum absolute atomic E-state index is 11.9. The number of esters is 1. The second-order valence-electron chi connectivity index (χ2n) is 5.03. The van der Waals surface area contributed by atoms with Crippen LogP contribution in [-0.2, 0) is 27.4 Å². The standard InChI is InChI=1S/C18H21NO3/c1-21-18(20)17(12-15-8-4-2-5-9-15)13-19-22-14-16-10-6-3-7-11-16/h2-11,17,19H,12-14H2,1H3/t17-/m1/s1. The van der Waals surface area contributed by atoms with Gasteiger partial charge in [-0.3, -0.25) is 9.63 Å². The lowest BCUT2D eigenvalue weighted by Gasteiger charge is -2.15. The molecule has 0 aliphatic carbocycles. The number of hydrogen-bond acceptors (Lipinski definition) is 4. The van der Waals surface area contributed by atoms with Gasteiger partial charge in [0.1, 0.15) is 0 Å². The van der Waals surface area contributed by atoms with Crippen LogP contribution in [0.5, 0.6) is 0 Å². The lowest BCUT2D eigenvalue weighted by Crippen LogP contribution is -2.31. The molecule has 0 saturated heterocycles. The van der Waals surface area contributed by atoms with Gasteiger partial charge in [0, 0.05) is 6.54 Å². The Morgan fingerprint density at radius 3 is 2.18 bits per heavy atom. The van der Waals surface area contributed by atoms with E-state index in [-0.39, 0.29) is 11.9 Å². The highest BCUT2D eigenvalue weighted by atomic mass is 16.6. The first kappa shape index (κ1) is 16.2. The molecule has 0 unspecified atom stereocenters. The van der Waals surface area contributed by atoms with Crippen molar-refractivity contribution in [2.45, 2.75) is 13.0 Å². The second-order valence-corrected chi connectivity index (χ2v) is 5.03. The van der Waals surface area contributed by atoms with Crippen LogP contribution in [0.3, 0.4) is 0 Å². The van der Waals surface area contributed by atoms with Gasteiger partial charge in [-0.15, -0.1) is 0 Å². The van der Waals surface area contributed by atoms with Gasteiger partial charge < -0.3 is 4.74 Å². The molecule has 0 amide bonds. The summed E-state index contributed by atoms with van der Waals surface area (Å²) in [5, 5.41) is 0. The average molecular weight is 299 g/mol. The SMILES string of the molecule is COC(=O)[C@@H](CNOCc1ccccc1)Cc1ccccc1. The minimum Gasteiger partial charge on any atom is -0.469 e. The third-order valence-corrected chi connectivity index (χ3v) is 3.37. The van der Waals surface area contributed by atoms with Crippen LogP contribution in [0.1, 0.15) is 11.1 Å². The van der Waals surface area contributed by atoms with Crippen LogP contribution < -0.4 is 5.48 Å². The van der Waals surface area contributed by atoms with Crippen LogP contribution in [0.2, 0.25) is 0 Å². The quantitative estimate of drug-likeness (QED) is 0.462. The molecule has 4 nitrogen and oxygen atoms in total. The Balaban J connectivity index is 1.81. The number of carbonyl (C=O) groups is 1. The predicted octanol–water partition coefficient (Wildman–Crippen LogP) is 2.74. The zero-order valence-corrected chi connectivity index (χ0v) is 12.7. The summed E-state index contributed by atoms with van der Waals surface area (Å²) in [6, 6.07) is 19.7. The van der Waals surface area contributed by atoms with E-state index in [1.165, 1.54) is 7.11 Å². The molecular formula is C18H21NO3. The molecule has 0 spiro atoms. The summed E-state index contributed by atoms with van der Waals surface area (Å²) < 4.78 is 4.87. The molecule has 1 N–H and O–H groups in total. The fourth-order valence-corrected chi connectivity index (χ4v) is 2.17. The fraction of sp³-hybridized carbons (Fsp3) is 0.278. The van der Waals surface area contributed by atoms with E-state index in [2.05, 4.69) is 5.48 Å². The molecule has 0 radical (unpaired) electrons. The van der Waals surface area contributed by atoms with Gasteiger partial charge in [0.05, 0.1) is 19.6 Å². The summed E-state index contributed by atoms with van der Waals surface area (Å²) in [5.41, 5.74) is 5.04. The molecule has 22 heavy (non-hydrogen) atoms. The highest BCUT2D eigenvalue weighted by molar-refractivity contribution is 5.72. The van der Waals surface area contributed by atoms with Crippen molar-refractivity contribution >= 4 is 5.97 Å². The van der Waals surface area contributed by atoms with E-state index >= 15 is 0 Å². The van der Waals surface area contributed by atoms with Crippen LogP contribution in [0.15, 0.2) is 60.7 Å². The van der Waals surface area contributed by atoms with Gasteiger partial charge in [0.15, 0.2) is 0 Å². The van der Waals surface area contributed by atoms with Crippen LogP contribution in [-0.4, -0.2) is 19.6 Å². The van der Waals surface area contributed by atoms with Crippen LogP contribution in [0, 0.1) is 5.92 Å². The number of ether oxygens (including phenoxy) is 1. The molecule has 4 heteroatoms. The first-order chi connectivity index (χ1) is 10.8. The monoisotopic (exact) mass is 299 g/mol. The van der Waals surface area contributed by atoms with Gasteiger partial charge in [0.2, 0.25) is 0 Å². The van der Waals surface area contributed by atoms with E-state index in [1.807, 2.05) is 60.7 Å². The lowest BCUT2D eigenvalue weighted by molar-refractivity contribution is -0.146. The number of rotatable bonds is 8. The van der Waals surface area contributed by atoms with Crippen molar-refractivity contribution in [1.82, 2.24) is 5.48 Å². The zero-order chi connectivity index (χ0) is 15.6. The van der Waals surface area contributed by atoms with E-state index in [0.29, 0.717) is 19.6 Å². The Kier molecular flexibility index (Phi) is 6.61. The van der Waals surface area contributed by atoms with E-state index in [0.717, 1.165) is 11.1 Å². The first-order valence-corrected chi connectivity index (χ1v) is 7.30. The lowest BCUT2D eigenvalue weighted by atomic mass is 10.00. The van der Waals surface area contributed by atoms with Gasteiger partial charge in [-0.05, 0) is 17.5 Å². The maximum Gasteiger partial charge on any atom is 0.310 e. The fourth-order valence-electron chi connectivity index (χ4n) is 2.17. The highest BCUT2D eigenvalue weighted by Gasteiger charge is 2.19. The third kappa shape index (κ3) is 5.31. The average Bonchev–Trinajstić information content (AvgIpc) is 2.58. The molecule has 0 aromatic heterocycles. The highest BCUT2D eigenvalue weighted by Crippen LogP contribution is 2.10. The van der Waals surface area contributed by atoms with E-state index in [4.69, 9.17) is 9.57 Å². The Bertz CT molecular complexity index is 557. The minimum atomic E-state index is -0.275. The van der Waals surface area contributed by atoms with Crippen molar-refractivity contribution in [1.29, 1.82) is 0 Å². The van der Waals surface area contributed by atoms with Gasteiger partial charge in [-0.2, -0.15) is 0 Å². The summed E-state index contributed by atoms with van der Waals surface area (Å²) >= 11 is 0. The molecule has 0 bridgehead atoms. The van der Waals surface area contributed by atoms with Crippen LogP contribution in [0.25, 0.3) is 0 Å². The summed E-state index contributed by atoms with van der Waals surface area (Å²) in [6.45, 7) is 0.870. The number of methoxy groups -OCH3 is 1. The zero-order valence-electron chi connectivity index (χ0n) is 12.7. The van der Waals surface area contributed by atoms with Gasteiger partial charge >= 0.3 is 5.97 Å². The molecule has 0 aliphatic heterocycles. The topological polar surface area (TPSA) is 47.6 Å². The molecule has 2 aromatic carbocycles. The summed E-state index contributed by atoms with van der Waals surface area (Å²) in [6.07, 6.45) is 0.620. The van der Waals surface area contributed by atoms with Crippen molar-refractivity contribution in [3.63, 3.8) is 0 Å². The summed E-state index contributed by atoms with van der Waals surface area (Å²) in [4.78, 5) is 17.3. The first-order valence-electron chi connectivity index (χ1n) is 7.30. The molecule has 2 aromatic rings. The van der Waals surface area contributed by atoms with Gasteiger partial charge in [-0.1, -0.05) is 60.7 Å². The molecular weight excluding hydrogens is 278 g/mol. The van der Waals surface area contributed by atoms with E-state index in [9.17, 15) is 4.79 Å². The largest absolute Gasteiger partial charge is 0.469 e. The second kappa shape index (κ2) is 8.97. The van der Waals surface area contributed by atoms with Crippen LogP contribution in [0.4, 0.5) is 0 Å². The number of hydrogen-bond donors (Lipinski definition) is 1. The van der Waals surface area contributed by atoms with Crippen molar-refractivity contribution in [2.75, 3.05) is 13.7 Å². The van der Waals surface area contributed by atoms with Crippen molar-refractivity contribution in [3.05, 3.63) is 71.8 Å². The maximum atomic E-state index is 11.9. The van der Waals surface area contributed by atoms with E-state index < -0.39 is 0 Å². The van der Waals surface area contributed by atoms with Crippen molar-refractivity contribution in [2.24, 2.45) is 5.92 Å². The summed E-state index contributed by atoms with van der Waals surface area (Å²) in [7, 11) is 1.41. The Hall–Kier alpha value is -2.17. The van der Waals surface area contributed by atoms with Gasteiger partial charge in [-0.25, -0.2) is 5.48 Å². The molecule has 0 heterocycles. The summed E-state index contributed by atoms with van der Waals surface area (Å²) in [5.74, 6) is -0.511. The smallest absolute Gasteiger partial charge is 0.310 e. The molecule has 0 aliphatic rings. The van der Waals surface area contributed by atoms with Crippen molar-refractivity contribution < 1.29 is 14.4 Å². The Morgan fingerprint density at radius 2 is 1.59 bits per heavy atom. The number of nitrogens with one attached hydrogen (secondary N) is 1. The number of benzene rings is 2. The molecule has 0 fully saturated rings. The minimum absolute atomic E-state index is 0.236.